The third-order valence-corrected chi connectivity index (χ3v) is 4.63. The Kier molecular flexibility index (Phi) is 4.22. The molecule has 134 valence electrons. The molecule has 0 N–H and O–H groups in total. The predicted molar refractivity (Wildman–Crippen MR) is 86.7 cm³/mol. The van der Waals surface area contributed by atoms with Crippen molar-refractivity contribution in [2.75, 3.05) is 27.6 Å². The number of aromatic nitrogens is 2. The van der Waals surface area contributed by atoms with E-state index in [9.17, 15) is 0 Å². The number of likely N-dealkylation sites (tertiary alicyclic amines) is 1. The average Bonchev–Trinajstić information content (AvgIpc) is 3.33. The van der Waals surface area contributed by atoms with Crippen molar-refractivity contribution in [2.45, 2.75) is 32.0 Å². The van der Waals surface area contributed by atoms with Gasteiger partial charge in [0, 0.05) is 27.1 Å². The molecule has 3 heterocycles. The number of hydrogen-bond donors (Lipinski definition) is 0. The first-order valence-electron chi connectivity index (χ1n) is 8.21. The molecule has 0 bridgehead atoms. The van der Waals surface area contributed by atoms with Crippen LogP contribution in [0, 0.1) is 6.92 Å². The maximum Gasteiger partial charge on any atom is 0.233 e. The molecule has 8 nitrogen and oxygen atoms in total. The molecule has 1 aromatic heterocycles. The Morgan fingerprint density at radius 3 is 2.84 bits per heavy atom. The largest absolute Gasteiger partial charge is 0.493 e. The zero-order chi connectivity index (χ0) is 17.4. The summed E-state index contributed by atoms with van der Waals surface area (Å²) in [5.74, 6) is 3.25. The molecule has 2 aromatic rings. The van der Waals surface area contributed by atoms with Crippen LogP contribution in [0.25, 0.3) is 0 Å². The van der Waals surface area contributed by atoms with Gasteiger partial charge in [0.05, 0.1) is 19.3 Å². The predicted octanol–water partition coefficient (Wildman–Crippen LogP) is 2.08. The van der Waals surface area contributed by atoms with Crippen LogP contribution in [0.4, 0.5) is 0 Å². The average molecular weight is 347 g/mol. The highest BCUT2D eigenvalue weighted by atomic mass is 16.7. The molecule has 0 saturated carbocycles. The number of hydrogen-bond acceptors (Lipinski definition) is 8. The van der Waals surface area contributed by atoms with Gasteiger partial charge in [0.2, 0.25) is 24.3 Å². The van der Waals surface area contributed by atoms with Crippen molar-refractivity contribution in [3.63, 3.8) is 0 Å². The number of rotatable bonds is 5. The summed E-state index contributed by atoms with van der Waals surface area (Å²) in [6, 6.07) is 3.99. The lowest BCUT2D eigenvalue weighted by molar-refractivity contribution is 0.107. The smallest absolute Gasteiger partial charge is 0.233 e. The Balaban J connectivity index is 1.60. The van der Waals surface area contributed by atoms with Gasteiger partial charge in [-0.2, -0.15) is 0 Å². The van der Waals surface area contributed by atoms with E-state index < -0.39 is 0 Å². The van der Waals surface area contributed by atoms with Gasteiger partial charge in [-0.25, -0.2) is 0 Å². The lowest BCUT2D eigenvalue weighted by Gasteiger charge is -2.22. The Labute approximate surface area is 145 Å². The van der Waals surface area contributed by atoms with Gasteiger partial charge in [-0.05, 0) is 24.1 Å². The minimum Gasteiger partial charge on any atom is -0.493 e. The van der Waals surface area contributed by atoms with E-state index in [2.05, 4.69) is 15.1 Å². The molecule has 2 aliphatic rings. The van der Waals surface area contributed by atoms with Crippen LogP contribution in [0.15, 0.2) is 16.5 Å². The van der Waals surface area contributed by atoms with Crippen molar-refractivity contribution in [2.24, 2.45) is 0 Å². The van der Waals surface area contributed by atoms with Gasteiger partial charge in [0.15, 0.2) is 11.5 Å². The van der Waals surface area contributed by atoms with Crippen molar-refractivity contribution in [1.29, 1.82) is 0 Å². The second kappa shape index (κ2) is 6.53. The van der Waals surface area contributed by atoms with Gasteiger partial charge >= 0.3 is 0 Å². The standard InChI is InChI=1S/C17H21N3O5/c1-10-18-19-17(25-10)13-6-12(21-2)8-20(13)7-11-4-14(22-3)16-15(5-11)23-9-24-16/h4-5,12-13H,6-9H2,1-3H3/t12-,13+/m0/s1. The van der Waals surface area contributed by atoms with E-state index in [1.807, 2.05) is 12.1 Å². The first kappa shape index (κ1) is 16.2. The Hall–Kier alpha value is -2.32. The van der Waals surface area contributed by atoms with Crippen molar-refractivity contribution in [1.82, 2.24) is 15.1 Å². The maximum absolute atomic E-state index is 5.66. The van der Waals surface area contributed by atoms with Crippen LogP contribution in [-0.2, 0) is 11.3 Å². The Morgan fingerprint density at radius 1 is 1.24 bits per heavy atom. The number of fused-ring (bicyclic) bond motifs is 1. The fourth-order valence-electron chi connectivity index (χ4n) is 3.42. The highest BCUT2D eigenvalue weighted by Crippen LogP contribution is 2.43. The molecule has 2 aliphatic heterocycles. The number of benzene rings is 1. The molecule has 0 spiro atoms. The Bertz CT molecular complexity index is 763. The van der Waals surface area contributed by atoms with E-state index in [0.717, 1.165) is 18.5 Å². The molecule has 0 unspecified atom stereocenters. The highest BCUT2D eigenvalue weighted by molar-refractivity contribution is 5.55. The zero-order valence-electron chi connectivity index (χ0n) is 14.5. The molecule has 1 fully saturated rings. The third kappa shape index (κ3) is 3.03. The summed E-state index contributed by atoms with van der Waals surface area (Å²) in [6.45, 7) is 3.50. The zero-order valence-corrected chi connectivity index (χ0v) is 14.5. The SMILES string of the molecule is COc1cc(CN2C[C@@H](OC)C[C@@H]2c2nnc(C)o2)cc2c1OCO2. The fraction of sp³-hybridized carbons (Fsp3) is 0.529. The molecule has 0 aliphatic carbocycles. The quantitative estimate of drug-likeness (QED) is 0.813. The topological polar surface area (TPSA) is 79.1 Å². The summed E-state index contributed by atoms with van der Waals surface area (Å²) < 4.78 is 27.6. The minimum atomic E-state index is 0.0302. The lowest BCUT2D eigenvalue weighted by atomic mass is 10.1. The molecule has 25 heavy (non-hydrogen) atoms. The third-order valence-electron chi connectivity index (χ3n) is 4.63. The van der Waals surface area contributed by atoms with Gasteiger partial charge in [0.25, 0.3) is 0 Å². The molecule has 4 rings (SSSR count). The Morgan fingerprint density at radius 2 is 2.12 bits per heavy atom. The van der Waals surface area contributed by atoms with Gasteiger partial charge in [-0.1, -0.05) is 0 Å². The molecule has 0 amide bonds. The number of methoxy groups -OCH3 is 2. The van der Waals surface area contributed by atoms with Crippen LogP contribution in [0.5, 0.6) is 17.2 Å². The van der Waals surface area contributed by atoms with E-state index in [4.69, 9.17) is 23.4 Å². The molecule has 1 aromatic carbocycles. The van der Waals surface area contributed by atoms with Gasteiger partial charge in [0.1, 0.15) is 0 Å². The van der Waals surface area contributed by atoms with Crippen LogP contribution < -0.4 is 14.2 Å². The summed E-state index contributed by atoms with van der Waals surface area (Å²) in [5, 5.41) is 8.15. The summed E-state index contributed by atoms with van der Waals surface area (Å²) in [6.07, 6.45) is 0.952. The highest BCUT2D eigenvalue weighted by Gasteiger charge is 2.37. The van der Waals surface area contributed by atoms with Gasteiger partial charge in [-0.3, -0.25) is 4.90 Å². The fourth-order valence-corrected chi connectivity index (χ4v) is 3.42. The van der Waals surface area contributed by atoms with Crippen molar-refractivity contribution in [3.05, 3.63) is 29.5 Å². The molecular weight excluding hydrogens is 326 g/mol. The van der Waals surface area contributed by atoms with Gasteiger partial charge < -0.3 is 23.4 Å². The minimum absolute atomic E-state index is 0.0302. The molecule has 8 heteroatoms. The van der Waals surface area contributed by atoms with Gasteiger partial charge in [-0.15, -0.1) is 10.2 Å². The van der Waals surface area contributed by atoms with Crippen LogP contribution in [0.2, 0.25) is 0 Å². The van der Waals surface area contributed by atoms with E-state index in [-0.39, 0.29) is 18.9 Å². The normalized spacial score (nSPS) is 22.5. The van der Waals surface area contributed by atoms with E-state index in [1.165, 1.54) is 0 Å². The second-order valence-electron chi connectivity index (χ2n) is 6.23. The molecule has 1 saturated heterocycles. The lowest BCUT2D eigenvalue weighted by Crippen LogP contribution is -2.25. The van der Waals surface area contributed by atoms with E-state index in [0.29, 0.717) is 35.6 Å². The van der Waals surface area contributed by atoms with Crippen molar-refractivity contribution in [3.8, 4) is 17.2 Å². The molecule has 2 atom stereocenters. The first-order valence-corrected chi connectivity index (χ1v) is 8.21. The van der Waals surface area contributed by atoms with Crippen LogP contribution in [0.1, 0.15) is 29.8 Å². The van der Waals surface area contributed by atoms with Crippen LogP contribution >= 0.6 is 0 Å². The van der Waals surface area contributed by atoms with Crippen LogP contribution in [-0.4, -0.2) is 48.8 Å². The maximum atomic E-state index is 5.66. The summed E-state index contributed by atoms with van der Waals surface area (Å²) in [5.41, 5.74) is 1.07. The summed E-state index contributed by atoms with van der Waals surface area (Å²) in [7, 11) is 3.36. The van der Waals surface area contributed by atoms with E-state index in [1.54, 1.807) is 21.1 Å². The number of nitrogens with zero attached hydrogens (tertiary/aromatic N) is 3. The second-order valence-corrected chi connectivity index (χ2v) is 6.23. The van der Waals surface area contributed by atoms with Crippen LogP contribution in [0.3, 0.4) is 0 Å². The summed E-state index contributed by atoms with van der Waals surface area (Å²) in [4.78, 5) is 2.28. The van der Waals surface area contributed by atoms with E-state index >= 15 is 0 Å². The number of ether oxygens (including phenoxy) is 4. The number of aryl methyl sites for hydroxylation is 1. The molecular formula is C17H21N3O5. The summed E-state index contributed by atoms with van der Waals surface area (Å²) >= 11 is 0. The van der Waals surface area contributed by atoms with Crippen molar-refractivity contribution >= 4 is 0 Å². The van der Waals surface area contributed by atoms with Crippen molar-refractivity contribution < 1.29 is 23.4 Å². The monoisotopic (exact) mass is 347 g/mol. The first-order chi connectivity index (χ1) is 12.2. The molecule has 0 radical (unpaired) electrons.